The molecular formula is C14H33N3O3. The van der Waals surface area contributed by atoms with Crippen molar-refractivity contribution in [3.63, 3.8) is 0 Å². The quantitative estimate of drug-likeness (QED) is 0.336. The van der Waals surface area contributed by atoms with Crippen molar-refractivity contribution in [2.75, 3.05) is 26.3 Å². The van der Waals surface area contributed by atoms with E-state index in [0.29, 0.717) is 38.8 Å². The number of rotatable bonds is 12. The third kappa shape index (κ3) is 8.14. The zero-order chi connectivity index (χ0) is 15.6. The largest absolute Gasteiger partial charge is 0.394 e. The minimum atomic E-state index is -1.04. The molecule has 0 fully saturated rings. The Labute approximate surface area is 122 Å². The lowest BCUT2D eigenvalue weighted by Crippen LogP contribution is -2.52. The summed E-state index contributed by atoms with van der Waals surface area (Å²) in [5.74, 6) is 0. The third-order valence-electron chi connectivity index (χ3n) is 3.26. The summed E-state index contributed by atoms with van der Waals surface area (Å²) in [6, 6.07) is 0. The van der Waals surface area contributed by atoms with E-state index in [9.17, 15) is 5.11 Å². The Hall–Kier alpha value is -0.240. The summed E-state index contributed by atoms with van der Waals surface area (Å²) in [6.07, 6.45) is 2.67. The molecule has 0 rings (SSSR count). The summed E-state index contributed by atoms with van der Waals surface area (Å²) in [5.41, 5.74) is 15.6. The maximum atomic E-state index is 11.0. The van der Waals surface area contributed by atoms with Crippen molar-refractivity contribution in [3.8, 4) is 0 Å². The summed E-state index contributed by atoms with van der Waals surface area (Å²) in [5, 5.41) is 19.9. The van der Waals surface area contributed by atoms with Crippen LogP contribution in [0.1, 0.15) is 46.0 Å². The predicted molar refractivity (Wildman–Crippen MR) is 81.2 cm³/mol. The van der Waals surface area contributed by atoms with Gasteiger partial charge in [0.25, 0.3) is 0 Å². The second-order valence-corrected chi connectivity index (χ2v) is 6.18. The number of aliphatic hydroxyl groups excluding tert-OH is 1. The Balaban J connectivity index is 4.94. The minimum absolute atomic E-state index is 0.0713. The lowest BCUT2D eigenvalue weighted by Gasteiger charge is -2.40. The molecule has 0 aliphatic carbocycles. The van der Waals surface area contributed by atoms with Gasteiger partial charge in [-0.15, -0.1) is 0 Å². The van der Waals surface area contributed by atoms with Crippen molar-refractivity contribution in [1.82, 2.24) is 0 Å². The van der Waals surface area contributed by atoms with E-state index < -0.39 is 11.1 Å². The summed E-state index contributed by atoms with van der Waals surface area (Å²) in [7, 11) is 0. The first-order chi connectivity index (χ1) is 9.29. The average Bonchev–Trinajstić information content (AvgIpc) is 2.34. The first-order valence-electron chi connectivity index (χ1n) is 7.43. The minimum Gasteiger partial charge on any atom is -0.394 e. The molecule has 0 aliphatic heterocycles. The van der Waals surface area contributed by atoms with Crippen LogP contribution >= 0.6 is 0 Å². The van der Waals surface area contributed by atoms with Gasteiger partial charge in [0.1, 0.15) is 0 Å². The number of nitrogens with two attached hydrogens (primary N) is 3. The van der Waals surface area contributed by atoms with Gasteiger partial charge in [-0.3, -0.25) is 0 Å². The molecule has 2 atom stereocenters. The highest BCUT2D eigenvalue weighted by Crippen LogP contribution is 2.31. The van der Waals surface area contributed by atoms with Crippen LogP contribution in [0.4, 0.5) is 0 Å². The van der Waals surface area contributed by atoms with Gasteiger partial charge in [-0.05, 0) is 59.0 Å². The summed E-state index contributed by atoms with van der Waals surface area (Å²) in [6.45, 7) is 4.94. The molecule has 6 nitrogen and oxygen atoms in total. The summed E-state index contributed by atoms with van der Waals surface area (Å²) in [4.78, 5) is 0. The maximum absolute atomic E-state index is 11.0. The average molecular weight is 291 g/mol. The fourth-order valence-corrected chi connectivity index (χ4v) is 2.57. The normalized spacial score (nSPS) is 16.9. The Morgan fingerprint density at radius 3 is 2.20 bits per heavy atom. The van der Waals surface area contributed by atoms with Crippen LogP contribution in [0.15, 0.2) is 0 Å². The highest BCUT2D eigenvalue weighted by molar-refractivity contribution is 4.94. The van der Waals surface area contributed by atoms with Crippen LogP contribution in [0.25, 0.3) is 0 Å². The van der Waals surface area contributed by atoms with Crippen LogP contribution in [0.3, 0.4) is 0 Å². The smallest absolute Gasteiger partial charge is 0.0925 e. The maximum Gasteiger partial charge on any atom is 0.0925 e. The topological polar surface area (TPSA) is 128 Å². The SMILES string of the molecule is CC(C)(N)CC(O)(CCCN)C(CCCN)OCCO. The zero-order valence-corrected chi connectivity index (χ0v) is 13.0. The van der Waals surface area contributed by atoms with E-state index in [1.807, 2.05) is 13.8 Å². The van der Waals surface area contributed by atoms with Crippen molar-refractivity contribution < 1.29 is 14.9 Å². The van der Waals surface area contributed by atoms with Gasteiger partial charge >= 0.3 is 0 Å². The highest BCUT2D eigenvalue weighted by Gasteiger charge is 2.40. The Kier molecular flexibility index (Phi) is 9.54. The van der Waals surface area contributed by atoms with Gasteiger partial charge in [-0.25, -0.2) is 0 Å². The second kappa shape index (κ2) is 9.65. The first-order valence-corrected chi connectivity index (χ1v) is 7.43. The molecule has 6 heteroatoms. The van der Waals surface area contributed by atoms with Crippen molar-refractivity contribution in [1.29, 1.82) is 0 Å². The van der Waals surface area contributed by atoms with E-state index in [4.69, 9.17) is 27.0 Å². The van der Waals surface area contributed by atoms with Crippen LogP contribution in [-0.4, -0.2) is 53.8 Å². The molecule has 0 radical (unpaired) electrons. The molecule has 122 valence electrons. The van der Waals surface area contributed by atoms with Gasteiger partial charge in [0.15, 0.2) is 0 Å². The molecule has 0 aromatic rings. The molecule has 20 heavy (non-hydrogen) atoms. The van der Waals surface area contributed by atoms with Crippen LogP contribution in [0.2, 0.25) is 0 Å². The van der Waals surface area contributed by atoms with E-state index in [-0.39, 0.29) is 19.3 Å². The van der Waals surface area contributed by atoms with Gasteiger partial charge in [0.05, 0.1) is 24.9 Å². The molecule has 8 N–H and O–H groups in total. The lowest BCUT2D eigenvalue weighted by molar-refractivity contribution is -0.132. The monoisotopic (exact) mass is 291 g/mol. The molecule has 0 aromatic heterocycles. The molecule has 0 heterocycles. The second-order valence-electron chi connectivity index (χ2n) is 6.18. The Morgan fingerprint density at radius 2 is 1.75 bits per heavy atom. The number of aliphatic hydroxyl groups is 2. The molecule has 0 spiro atoms. The van der Waals surface area contributed by atoms with Crippen molar-refractivity contribution in [3.05, 3.63) is 0 Å². The molecule has 0 saturated carbocycles. The van der Waals surface area contributed by atoms with Crippen molar-refractivity contribution in [2.45, 2.75) is 63.2 Å². The standard InChI is InChI=1S/C14H33N3O3/c1-13(2,17)11-14(19,6-4-8-16)12(5-3-7-15)20-10-9-18/h12,18-19H,3-11,15-17H2,1-2H3. The molecule has 0 amide bonds. The summed E-state index contributed by atoms with van der Waals surface area (Å²) < 4.78 is 5.65. The van der Waals surface area contributed by atoms with E-state index >= 15 is 0 Å². The molecule has 0 saturated heterocycles. The molecular weight excluding hydrogens is 258 g/mol. The van der Waals surface area contributed by atoms with E-state index in [0.717, 1.165) is 6.42 Å². The number of ether oxygens (including phenoxy) is 1. The molecule has 2 unspecified atom stereocenters. The molecule has 0 bridgehead atoms. The van der Waals surface area contributed by atoms with Crippen LogP contribution in [0, 0.1) is 0 Å². The van der Waals surface area contributed by atoms with Crippen LogP contribution in [0.5, 0.6) is 0 Å². The van der Waals surface area contributed by atoms with E-state index in [2.05, 4.69) is 0 Å². The summed E-state index contributed by atoms with van der Waals surface area (Å²) >= 11 is 0. The van der Waals surface area contributed by atoms with Gasteiger partial charge in [-0.1, -0.05) is 0 Å². The van der Waals surface area contributed by atoms with Crippen molar-refractivity contribution >= 4 is 0 Å². The zero-order valence-electron chi connectivity index (χ0n) is 13.0. The van der Waals surface area contributed by atoms with Crippen LogP contribution < -0.4 is 17.2 Å². The van der Waals surface area contributed by atoms with Gasteiger partial charge in [-0.2, -0.15) is 0 Å². The molecule has 0 aliphatic rings. The van der Waals surface area contributed by atoms with Crippen LogP contribution in [-0.2, 0) is 4.74 Å². The Morgan fingerprint density at radius 1 is 1.15 bits per heavy atom. The number of hydrogen-bond donors (Lipinski definition) is 5. The number of hydrogen-bond acceptors (Lipinski definition) is 6. The third-order valence-corrected chi connectivity index (χ3v) is 3.26. The Bertz CT molecular complexity index is 238. The van der Waals surface area contributed by atoms with Gasteiger partial charge in [0, 0.05) is 5.54 Å². The lowest BCUT2D eigenvalue weighted by atomic mass is 9.79. The van der Waals surface area contributed by atoms with E-state index in [1.54, 1.807) is 0 Å². The molecule has 0 aromatic carbocycles. The fraction of sp³-hybridized carbons (Fsp3) is 1.00. The van der Waals surface area contributed by atoms with E-state index in [1.165, 1.54) is 0 Å². The van der Waals surface area contributed by atoms with Gasteiger partial charge < -0.3 is 32.2 Å². The van der Waals surface area contributed by atoms with Crippen molar-refractivity contribution in [2.24, 2.45) is 17.2 Å². The first kappa shape index (κ1) is 19.8. The highest BCUT2D eigenvalue weighted by atomic mass is 16.5. The predicted octanol–water partition coefficient (Wildman–Crippen LogP) is -0.300. The van der Waals surface area contributed by atoms with Gasteiger partial charge in [0.2, 0.25) is 0 Å². The fourth-order valence-electron chi connectivity index (χ4n) is 2.57.